The highest BCUT2D eigenvalue weighted by atomic mass is 32.2. The van der Waals surface area contributed by atoms with Crippen molar-refractivity contribution >= 4 is 21.4 Å². The average Bonchev–Trinajstić information content (AvgIpc) is 2.89. The lowest BCUT2D eigenvalue weighted by atomic mass is 10.1. The maximum absolute atomic E-state index is 11.9. The molecule has 0 fully saturated rings. The van der Waals surface area contributed by atoms with Crippen molar-refractivity contribution in [1.29, 1.82) is 0 Å². The number of aliphatic hydroxyl groups excluding tert-OH is 1. The fraction of sp³-hybridized carbons (Fsp3) is 0.250. The number of thiazole rings is 1. The Bertz CT molecular complexity index is 624. The van der Waals surface area contributed by atoms with Gasteiger partial charge >= 0.3 is 0 Å². The molecular weight excluding hydrogens is 284 g/mol. The standard InChI is InChI=1S/C12H14N2O3S2/c15-8-10-2-1-3-11(6-10)9-19(16,17)14-7-12-13-4-5-18-12/h1-6,14-15H,7-9H2. The molecule has 0 aliphatic rings. The van der Waals surface area contributed by atoms with E-state index < -0.39 is 10.0 Å². The molecule has 1 aromatic carbocycles. The van der Waals surface area contributed by atoms with Crippen molar-refractivity contribution in [2.75, 3.05) is 0 Å². The summed E-state index contributed by atoms with van der Waals surface area (Å²) in [7, 11) is -3.40. The smallest absolute Gasteiger partial charge is 0.216 e. The topological polar surface area (TPSA) is 79.3 Å². The Labute approximate surface area is 116 Å². The lowest BCUT2D eigenvalue weighted by Crippen LogP contribution is -2.24. The molecule has 0 saturated carbocycles. The van der Waals surface area contributed by atoms with Crippen LogP contribution in [-0.4, -0.2) is 18.5 Å². The van der Waals surface area contributed by atoms with Crippen LogP contribution in [0.25, 0.3) is 0 Å². The summed E-state index contributed by atoms with van der Waals surface area (Å²) in [4.78, 5) is 4.01. The van der Waals surface area contributed by atoms with Crippen molar-refractivity contribution in [3.63, 3.8) is 0 Å². The van der Waals surface area contributed by atoms with Gasteiger partial charge in [0.1, 0.15) is 5.01 Å². The Balaban J connectivity index is 2.00. The molecule has 5 nitrogen and oxygen atoms in total. The van der Waals surface area contributed by atoms with Gasteiger partial charge in [-0.3, -0.25) is 0 Å². The second-order valence-corrected chi connectivity index (χ2v) is 6.77. The third kappa shape index (κ3) is 4.39. The molecular formula is C12H14N2O3S2. The molecule has 0 unspecified atom stereocenters. The fourth-order valence-corrected chi connectivity index (χ4v) is 3.32. The van der Waals surface area contributed by atoms with E-state index in [2.05, 4.69) is 9.71 Å². The molecule has 0 bridgehead atoms. The highest BCUT2D eigenvalue weighted by Gasteiger charge is 2.12. The molecule has 0 saturated heterocycles. The van der Waals surface area contributed by atoms with Gasteiger partial charge in [-0.1, -0.05) is 24.3 Å². The first-order valence-electron chi connectivity index (χ1n) is 5.63. The number of nitrogens with zero attached hydrogens (tertiary/aromatic N) is 1. The Morgan fingerprint density at radius 1 is 1.32 bits per heavy atom. The molecule has 0 radical (unpaired) electrons. The van der Waals surface area contributed by atoms with Crippen LogP contribution in [0.2, 0.25) is 0 Å². The predicted molar refractivity (Wildman–Crippen MR) is 73.9 cm³/mol. The molecule has 2 aromatic rings. The van der Waals surface area contributed by atoms with Crippen LogP contribution in [0.3, 0.4) is 0 Å². The van der Waals surface area contributed by atoms with E-state index in [-0.39, 0.29) is 18.9 Å². The molecule has 2 rings (SSSR count). The summed E-state index contributed by atoms with van der Waals surface area (Å²) in [6, 6.07) is 6.89. The molecule has 0 aliphatic heterocycles. The van der Waals surface area contributed by atoms with Crippen molar-refractivity contribution in [2.24, 2.45) is 0 Å². The number of rotatable bonds is 6. The van der Waals surface area contributed by atoms with Gasteiger partial charge in [-0.2, -0.15) is 0 Å². The van der Waals surface area contributed by atoms with E-state index in [1.807, 2.05) is 0 Å². The van der Waals surface area contributed by atoms with E-state index >= 15 is 0 Å². The highest BCUT2D eigenvalue weighted by Crippen LogP contribution is 2.10. The van der Waals surface area contributed by atoms with Gasteiger partial charge in [-0.05, 0) is 11.1 Å². The fourth-order valence-electron chi connectivity index (χ4n) is 1.60. The first-order valence-corrected chi connectivity index (χ1v) is 8.16. The quantitative estimate of drug-likeness (QED) is 0.841. The normalized spacial score (nSPS) is 11.6. The van der Waals surface area contributed by atoms with Crippen molar-refractivity contribution in [1.82, 2.24) is 9.71 Å². The Hall–Kier alpha value is -1.28. The molecule has 2 N–H and O–H groups in total. The first-order chi connectivity index (χ1) is 9.09. The Morgan fingerprint density at radius 3 is 2.79 bits per heavy atom. The predicted octanol–water partition coefficient (Wildman–Crippen LogP) is 1.26. The van der Waals surface area contributed by atoms with Crippen LogP contribution in [0.15, 0.2) is 35.8 Å². The second-order valence-electron chi connectivity index (χ2n) is 3.98. The minimum absolute atomic E-state index is 0.0968. The van der Waals surface area contributed by atoms with E-state index in [1.165, 1.54) is 11.3 Å². The molecule has 1 heterocycles. The minimum atomic E-state index is -3.40. The largest absolute Gasteiger partial charge is 0.392 e. The number of sulfonamides is 1. The Kier molecular flexibility index (Phi) is 4.65. The van der Waals surface area contributed by atoms with Gasteiger partial charge in [0.25, 0.3) is 0 Å². The zero-order valence-corrected chi connectivity index (χ0v) is 11.7. The molecule has 19 heavy (non-hydrogen) atoms. The number of nitrogens with one attached hydrogen (secondary N) is 1. The zero-order valence-electron chi connectivity index (χ0n) is 10.1. The van der Waals surface area contributed by atoms with Crippen molar-refractivity contribution < 1.29 is 13.5 Å². The van der Waals surface area contributed by atoms with E-state index in [4.69, 9.17) is 5.11 Å². The van der Waals surface area contributed by atoms with Crippen LogP contribution >= 0.6 is 11.3 Å². The number of benzene rings is 1. The average molecular weight is 298 g/mol. The summed E-state index contributed by atoms with van der Waals surface area (Å²) in [5.74, 6) is -0.105. The van der Waals surface area contributed by atoms with Crippen molar-refractivity contribution in [2.45, 2.75) is 18.9 Å². The van der Waals surface area contributed by atoms with Gasteiger partial charge in [0.2, 0.25) is 10.0 Å². The summed E-state index contributed by atoms with van der Waals surface area (Å²) in [5, 5.41) is 11.5. The second kappa shape index (κ2) is 6.25. The van der Waals surface area contributed by atoms with Crippen LogP contribution < -0.4 is 4.72 Å². The molecule has 0 spiro atoms. The number of aliphatic hydroxyl groups is 1. The Morgan fingerprint density at radius 2 is 2.11 bits per heavy atom. The number of hydrogen-bond acceptors (Lipinski definition) is 5. The summed E-state index contributed by atoms with van der Waals surface area (Å²) < 4.78 is 26.3. The van der Waals surface area contributed by atoms with Crippen LogP contribution in [0.5, 0.6) is 0 Å². The van der Waals surface area contributed by atoms with E-state index in [0.29, 0.717) is 11.1 Å². The lowest BCUT2D eigenvalue weighted by molar-refractivity contribution is 0.282. The summed E-state index contributed by atoms with van der Waals surface area (Å²) in [6.07, 6.45) is 1.64. The zero-order chi connectivity index (χ0) is 13.7. The minimum Gasteiger partial charge on any atom is -0.392 e. The number of hydrogen-bond donors (Lipinski definition) is 2. The molecule has 0 atom stereocenters. The molecule has 0 amide bonds. The monoisotopic (exact) mass is 298 g/mol. The number of aromatic nitrogens is 1. The maximum atomic E-state index is 11.9. The van der Waals surface area contributed by atoms with Gasteiger partial charge < -0.3 is 5.11 Å². The lowest BCUT2D eigenvalue weighted by Gasteiger charge is -2.06. The molecule has 102 valence electrons. The van der Waals surface area contributed by atoms with E-state index in [9.17, 15) is 8.42 Å². The summed E-state index contributed by atoms with van der Waals surface area (Å²) in [5.41, 5.74) is 1.35. The van der Waals surface area contributed by atoms with E-state index in [1.54, 1.807) is 35.8 Å². The summed E-state index contributed by atoms with van der Waals surface area (Å²) >= 11 is 1.40. The van der Waals surface area contributed by atoms with Gasteiger partial charge in [0.15, 0.2) is 0 Å². The highest BCUT2D eigenvalue weighted by molar-refractivity contribution is 7.88. The van der Waals surface area contributed by atoms with Gasteiger partial charge in [0.05, 0.1) is 18.9 Å². The first kappa shape index (κ1) is 14.1. The van der Waals surface area contributed by atoms with Crippen LogP contribution in [0.1, 0.15) is 16.1 Å². The molecule has 7 heteroatoms. The van der Waals surface area contributed by atoms with Crippen molar-refractivity contribution in [3.05, 3.63) is 52.0 Å². The van der Waals surface area contributed by atoms with Crippen molar-refractivity contribution in [3.8, 4) is 0 Å². The summed E-state index contributed by atoms with van der Waals surface area (Å²) in [6.45, 7) is 0.111. The third-order valence-corrected chi connectivity index (χ3v) is 4.53. The van der Waals surface area contributed by atoms with Gasteiger partial charge in [0, 0.05) is 11.6 Å². The van der Waals surface area contributed by atoms with E-state index in [0.717, 1.165) is 5.01 Å². The molecule has 0 aliphatic carbocycles. The SMILES string of the molecule is O=S(=O)(Cc1cccc(CO)c1)NCc1nccs1. The molecule has 1 aromatic heterocycles. The van der Waals surface area contributed by atoms with Crippen LogP contribution in [-0.2, 0) is 28.9 Å². The van der Waals surface area contributed by atoms with Crippen LogP contribution in [0.4, 0.5) is 0 Å². The maximum Gasteiger partial charge on any atom is 0.216 e. The third-order valence-electron chi connectivity index (χ3n) is 2.46. The van der Waals surface area contributed by atoms with Gasteiger partial charge in [-0.15, -0.1) is 11.3 Å². The van der Waals surface area contributed by atoms with Gasteiger partial charge in [-0.25, -0.2) is 18.1 Å². The van der Waals surface area contributed by atoms with Crippen LogP contribution in [0, 0.1) is 0 Å².